The highest BCUT2D eigenvalue weighted by Crippen LogP contribution is 2.35. The van der Waals surface area contributed by atoms with Crippen molar-refractivity contribution in [1.82, 2.24) is 16.0 Å². The van der Waals surface area contributed by atoms with Gasteiger partial charge in [-0.1, -0.05) is 32.0 Å². The largest absolute Gasteiger partial charge is 0.491 e. The molecule has 5 N–H and O–H groups in total. The van der Waals surface area contributed by atoms with Crippen LogP contribution >= 0.6 is 34.2 Å². The van der Waals surface area contributed by atoms with Crippen LogP contribution < -0.4 is 20.4 Å². The summed E-state index contributed by atoms with van der Waals surface area (Å²) in [4.78, 5) is 0. The summed E-state index contributed by atoms with van der Waals surface area (Å²) in [6.45, 7) is 4.81. The monoisotopic (exact) mass is 603 g/mol. The van der Waals surface area contributed by atoms with Gasteiger partial charge in [0, 0.05) is 11.6 Å². The van der Waals surface area contributed by atoms with Crippen LogP contribution in [0.5, 0.6) is 11.5 Å². The molecule has 2 atom stereocenters. The molecule has 8 nitrogen and oxygen atoms in total. The van der Waals surface area contributed by atoms with Gasteiger partial charge in [0.1, 0.15) is 36.9 Å². The smallest absolute Gasteiger partial charge is 0.132 e. The van der Waals surface area contributed by atoms with Crippen LogP contribution in [0.3, 0.4) is 0 Å². The highest BCUT2D eigenvalue weighted by atomic mass is 127. The minimum Gasteiger partial charge on any atom is -0.491 e. The summed E-state index contributed by atoms with van der Waals surface area (Å²) in [6, 6.07) is 13.9. The maximum absolute atomic E-state index is 10.2. The van der Waals surface area contributed by atoms with Crippen molar-refractivity contribution in [2.75, 3.05) is 32.2 Å². The lowest BCUT2D eigenvalue weighted by atomic mass is 9.78. The molecule has 0 bridgehead atoms. The van der Waals surface area contributed by atoms with E-state index in [0.717, 1.165) is 20.4 Å². The zero-order valence-corrected chi connectivity index (χ0v) is 22.1. The first-order valence-corrected chi connectivity index (χ1v) is 12.5. The third-order valence-electron chi connectivity index (χ3n) is 5.53. The fraction of sp³-hybridized carbons (Fsp3) is 0.417. The maximum atomic E-state index is 10.2. The zero-order chi connectivity index (χ0) is 24.7. The van der Waals surface area contributed by atoms with Crippen molar-refractivity contribution in [1.29, 1.82) is 0 Å². The summed E-state index contributed by atoms with van der Waals surface area (Å²) in [5, 5.41) is 30.6. The molecule has 3 rings (SSSR count). The third kappa shape index (κ3) is 7.12. The molecule has 0 radical (unpaired) electrons. The van der Waals surface area contributed by atoms with Gasteiger partial charge in [-0.15, -0.1) is 17.1 Å². The number of nitrogens with one attached hydrogen (secondary N) is 2. The molecule has 0 fully saturated rings. The fourth-order valence-corrected chi connectivity index (χ4v) is 4.18. The summed E-state index contributed by atoms with van der Waals surface area (Å²) in [5.74, 6) is 1.53. The van der Waals surface area contributed by atoms with Crippen molar-refractivity contribution < 1.29 is 24.8 Å². The average molecular weight is 604 g/mol. The number of halogens is 2. The summed E-state index contributed by atoms with van der Waals surface area (Å²) >= 11 is 7.87. The molecule has 1 aliphatic rings. The van der Waals surface area contributed by atoms with Gasteiger partial charge in [-0.3, -0.25) is 5.01 Å². The molecule has 1 aliphatic heterocycles. The van der Waals surface area contributed by atoms with E-state index in [2.05, 4.69) is 53.5 Å². The van der Waals surface area contributed by atoms with E-state index in [1.54, 1.807) is 11.2 Å². The maximum Gasteiger partial charge on any atom is 0.132 e. The molecule has 2 aromatic carbocycles. The predicted octanol–water partition coefficient (Wildman–Crippen LogP) is 2.49. The van der Waals surface area contributed by atoms with Crippen molar-refractivity contribution in [3.63, 3.8) is 0 Å². The van der Waals surface area contributed by atoms with E-state index in [-0.39, 0.29) is 31.1 Å². The third-order valence-corrected chi connectivity index (χ3v) is 6.73. The Labute approximate surface area is 218 Å². The van der Waals surface area contributed by atoms with Gasteiger partial charge < -0.3 is 30.2 Å². The van der Waals surface area contributed by atoms with Crippen LogP contribution in [0.4, 0.5) is 0 Å². The van der Waals surface area contributed by atoms with Crippen molar-refractivity contribution in [2.24, 2.45) is 0 Å². The number of hydrogen-bond donors (Lipinski definition) is 5. The number of β-amino-alcohol motifs (C(OH)–C–C–N with tert-alkyl or cyclic N) is 1. The van der Waals surface area contributed by atoms with Crippen LogP contribution in [0.15, 0.2) is 54.4 Å². The standard InChI is InChI=1S/C24H31ClIN3O5/c1-24(2,17-5-8-23(22(26)9-17)34-14-19(31)10-25)16-3-6-21(7-4-16)33-15-20(32)12-29-11-18(13-30)27-28-29/h3-9,11,19-20,27-28,30-32H,10,12-15H2,1-2H3/t19-,20+/m0/s1. The predicted molar refractivity (Wildman–Crippen MR) is 140 cm³/mol. The van der Waals surface area contributed by atoms with Crippen molar-refractivity contribution in [2.45, 2.75) is 31.5 Å². The normalized spacial score (nSPS) is 15.5. The van der Waals surface area contributed by atoms with Crippen molar-refractivity contribution in [3.05, 3.63) is 69.1 Å². The lowest BCUT2D eigenvalue weighted by molar-refractivity contribution is 0.0687. The highest BCUT2D eigenvalue weighted by molar-refractivity contribution is 14.1. The van der Waals surface area contributed by atoms with Gasteiger partial charge in [-0.05, 0) is 58.0 Å². The number of hydrogen-bond acceptors (Lipinski definition) is 8. The molecule has 2 aromatic rings. The molecule has 34 heavy (non-hydrogen) atoms. The Balaban J connectivity index is 1.57. The summed E-state index contributed by atoms with van der Waals surface area (Å²) in [6.07, 6.45) is 0.289. The van der Waals surface area contributed by atoms with Crippen molar-refractivity contribution in [3.8, 4) is 11.5 Å². The van der Waals surface area contributed by atoms with E-state index in [1.165, 1.54) is 0 Å². The van der Waals surface area contributed by atoms with Crippen molar-refractivity contribution >= 4 is 34.2 Å². The van der Waals surface area contributed by atoms with Gasteiger partial charge in [0.2, 0.25) is 0 Å². The number of alkyl halides is 1. The molecule has 0 amide bonds. The number of aliphatic hydroxyl groups excluding tert-OH is 3. The molecule has 0 aromatic heterocycles. The SMILES string of the molecule is CC(C)(c1ccc(OC[C@H](O)CN2C=C(CO)NN2)cc1)c1ccc(OC[C@@H](O)CCl)c(I)c1. The van der Waals surface area contributed by atoms with Gasteiger partial charge in [0.15, 0.2) is 0 Å². The molecule has 186 valence electrons. The number of benzene rings is 2. The van der Waals surface area contributed by atoms with Crippen LogP contribution in [-0.2, 0) is 5.41 Å². The molecule has 0 unspecified atom stereocenters. The second kappa shape index (κ2) is 12.3. The van der Waals surface area contributed by atoms with Gasteiger partial charge in [0.25, 0.3) is 0 Å². The number of hydrazine groups is 2. The minimum atomic E-state index is -0.715. The van der Waals surface area contributed by atoms with E-state index < -0.39 is 12.2 Å². The molecular weight excluding hydrogens is 573 g/mol. The second-order valence-electron chi connectivity index (χ2n) is 8.58. The van der Waals surface area contributed by atoms with E-state index in [9.17, 15) is 10.2 Å². The van der Waals surface area contributed by atoms with Crippen LogP contribution in [0.1, 0.15) is 25.0 Å². The Morgan fingerprint density at radius 3 is 2.32 bits per heavy atom. The average Bonchev–Trinajstić information content (AvgIpc) is 3.29. The summed E-state index contributed by atoms with van der Waals surface area (Å²) < 4.78 is 12.4. The molecule has 10 heteroatoms. The highest BCUT2D eigenvalue weighted by Gasteiger charge is 2.24. The number of aliphatic hydroxyl groups is 3. The molecule has 0 aliphatic carbocycles. The quantitative estimate of drug-likeness (QED) is 0.186. The number of rotatable bonds is 12. The number of ether oxygens (including phenoxy) is 2. The summed E-state index contributed by atoms with van der Waals surface area (Å²) in [5.41, 5.74) is 8.27. The topological polar surface area (TPSA) is 106 Å². The Morgan fingerprint density at radius 1 is 1.03 bits per heavy atom. The molecule has 0 saturated heterocycles. The summed E-state index contributed by atoms with van der Waals surface area (Å²) in [7, 11) is 0. The van der Waals surface area contributed by atoms with Gasteiger partial charge in [0.05, 0.1) is 28.3 Å². The lowest BCUT2D eigenvalue weighted by Gasteiger charge is -2.27. The first-order chi connectivity index (χ1) is 16.2. The van der Waals surface area contributed by atoms with Crippen LogP contribution in [0.25, 0.3) is 0 Å². The van der Waals surface area contributed by atoms with Gasteiger partial charge >= 0.3 is 0 Å². The molecule has 0 saturated carbocycles. The van der Waals surface area contributed by atoms with Crippen LogP contribution in [0, 0.1) is 3.57 Å². The second-order valence-corrected chi connectivity index (χ2v) is 10.1. The van der Waals surface area contributed by atoms with E-state index in [0.29, 0.717) is 18.0 Å². The van der Waals surface area contributed by atoms with Crippen LogP contribution in [0.2, 0.25) is 0 Å². The molecular formula is C24H31ClIN3O5. The van der Waals surface area contributed by atoms with E-state index >= 15 is 0 Å². The first-order valence-electron chi connectivity index (χ1n) is 10.9. The van der Waals surface area contributed by atoms with Crippen LogP contribution in [-0.4, -0.2) is 64.8 Å². The Kier molecular flexibility index (Phi) is 9.69. The van der Waals surface area contributed by atoms with Gasteiger partial charge in [-0.2, -0.15) is 0 Å². The minimum absolute atomic E-state index is 0.103. The van der Waals surface area contributed by atoms with E-state index in [4.69, 9.17) is 26.2 Å². The fourth-order valence-electron chi connectivity index (χ4n) is 3.42. The Bertz CT molecular complexity index is 974. The zero-order valence-electron chi connectivity index (χ0n) is 19.2. The van der Waals surface area contributed by atoms with Gasteiger partial charge in [-0.25, -0.2) is 0 Å². The van der Waals surface area contributed by atoms with E-state index in [1.807, 2.05) is 36.4 Å². The Morgan fingerprint density at radius 2 is 1.71 bits per heavy atom. The first kappa shape index (κ1) is 26.8. The molecule has 0 spiro atoms. The lowest BCUT2D eigenvalue weighted by Crippen LogP contribution is -2.42. The number of nitrogens with zero attached hydrogens (tertiary/aromatic N) is 1. The molecule has 1 heterocycles. The Hall–Kier alpha value is -1.76.